The third kappa shape index (κ3) is 4.19. The summed E-state index contributed by atoms with van der Waals surface area (Å²) >= 11 is 0. The Bertz CT molecular complexity index is 1360. The molecule has 0 aliphatic rings. The van der Waals surface area contributed by atoms with E-state index < -0.39 is 15.8 Å². The summed E-state index contributed by atoms with van der Waals surface area (Å²) in [6.45, 7) is 1.64. The minimum Gasteiger partial charge on any atom is -0.324 e. The molecule has 152 valence electrons. The second kappa shape index (κ2) is 7.65. The van der Waals surface area contributed by atoms with E-state index in [1.165, 1.54) is 6.07 Å². The van der Waals surface area contributed by atoms with Crippen molar-refractivity contribution in [3.8, 4) is 0 Å². The number of nitrogens with one attached hydrogen (secondary N) is 2. The van der Waals surface area contributed by atoms with Crippen LogP contribution in [0.2, 0.25) is 0 Å². The van der Waals surface area contributed by atoms with Gasteiger partial charge >= 0.3 is 0 Å². The minimum atomic E-state index is -3.88. The summed E-state index contributed by atoms with van der Waals surface area (Å²) in [4.78, 5) is 12.4. The van der Waals surface area contributed by atoms with Gasteiger partial charge in [-0.1, -0.05) is 24.3 Å². The average molecular weight is 424 g/mol. The molecule has 0 spiro atoms. The lowest BCUT2D eigenvalue weighted by molar-refractivity contribution is 0.597. The quantitative estimate of drug-likeness (QED) is 0.447. The van der Waals surface area contributed by atoms with E-state index in [0.717, 1.165) is 17.1 Å². The zero-order valence-corrected chi connectivity index (χ0v) is 16.6. The fraction of sp³-hybridized carbons (Fsp3) is 0.0500. The highest BCUT2D eigenvalue weighted by Crippen LogP contribution is 2.23. The number of pyridine rings is 1. The largest absolute Gasteiger partial charge is 0.324 e. The smallest absolute Gasteiger partial charge is 0.238 e. The molecule has 0 unspecified atom stereocenters. The van der Waals surface area contributed by atoms with Crippen LogP contribution in [-0.2, 0) is 10.0 Å². The lowest BCUT2D eigenvalue weighted by Gasteiger charge is -2.11. The van der Waals surface area contributed by atoms with Crippen LogP contribution in [0.3, 0.4) is 0 Å². The number of rotatable bonds is 5. The third-order valence-electron chi connectivity index (χ3n) is 4.34. The van der Waals surface area contributed by atoms with Crippen molar-refractivity contribution in [1.29, 1.82) is 0 Å². The van der Waals surface area contributed by atoms with Gasteiger partial charge in [-0.05, 0) is 42.8 Å². The van der Waals surface area contributed by atoms with Gasteiger partial charge in [-0.25, -0.2) is 27.9 Å². The molecule has 0 fully saturated rings. The van der Waals surface area contributed by atoms with E-state index in [1.54, 1.807) is 25.1 Å². The summed E-state index contributed by atoms with van der Waals surface area (Å²) in [7, 11) is -3.88. The van der Waals surface area contributed by atoms with Crippen LogP contribution in [-0.4, -0.2) is 23.4 Å². The summed E-state index contributed by atoms with van der Waals surface area (Å²) < 4.78 is 37.7. The van der Waals surface area contributed by atoms with Crippen LogP contribution < -0.4 is 15.8 Å². The van der Waals surface area contributed by atoms with E-state index >= 15 is 0 Å². The molecule has 4 aromatic rings. The van der Waals surface area contributed by atoms with Gasteiger partial charge < -0.3 is 10.6 Å². The predicted molar refractivity (Wildman–Crippen MR) is 113 cm³/mol. The lowest BCUT2D eigenvalue weighted by atomic mass is 10.2. The zero-order valence-electron chi connectivity index (χ0n) is 15.8. The summed E-state index contributed by atoms with van der Waals surface area (Å²) in [6, 6.07) is 15.8. The second-order valence-electron chi connectivity index (χ2n) is 6.55. The number of nitrogens with zero attached hydrogens (tertiary/aromatic N) is 3. The topological polar surface area (TPSA) is 123 Å². The van der Waals surface area contributed by atoms with Crippen molar-refractivity contribution < 1.29 is 12.8 Å². The molecule has 4 N–H and O–H groups in total. The molecule has 0 saturated heterocycles. The van der Waals surface area contributed by atoms with Gasteiger partial charge in [0.15, 0.2) is 11.6 Å². The SMILES string of the molecule is Cc1ccc(Nc2ncc(F)c(Nc3ccc4ccccc4n3)n2)cc1S(N)(=O)=O. The van der Waals surface area contributed by atoms with Gasteiger partial charge in [-0.3, -0.25) is 0 Å². The average Bonchev–Trinajstić information content (AvgIpc) is 2.71. The molecule has 2 heterocycles. The van der Waals surface area contributed by atoms with Crippen LogP contribution in [0, 0.1) is 12.7 Å². The fourth-order valence-corrected chi connectivity index (χ4v) is 3.69. The summed E-state index contributed by atoms with van der Waals surface area (Å²) in [5.74, 6) is -0.244. The van der Waals surface area contributed by atoms with Gasteiger partial charge in [-0.2, -0.15) is 4.98 Å². The number of primary sulfonamides is 1. The summed E-state index contributed by atoms with van der Waals surface area (Å²) in [5, 5.41) is 11.9. The van der Waals surface area contributed by atoms with Gasteiger partial charge in [0.25, 0.3) is 0 Å². The molecule has 2 aromatic heterocycles. The Morgan fingerprint density at radius 1 is 1.00 bits per heavy atom. The number of hydrogen-bond donors (Lipinski definition) is 3. The highest BCUT2D eigenvalue weighted by molar-refractivity contribution is 7.89. The maximum absolute atomic E-state index is 14.2. The Morgan fingerprint density at radius 2 is 1.80 bits per heavy atom. The van der Waals surface area contributed by atoms with Gasteiger partial charge in [0.1, 0.15) is 5.82 Å². The number of anilines is 4. The number of nitrogens with two attached hydrogens (primary N) is 1. The minimum absolute atomic E-state index is 0.0201. The maximum atomic E-state index is 14.2. The Hall–Kier alpha value is -3.63. The Kier molecular flexibility index (Phi) is 5.02. The molecule has 2 aromatic carbocycles. The first-order chi connectivity index (χ1) is 14.3. The number of fused-ring (bicyclic) bond motifs is 1. The molecule has 0 amide bonds. The number of para-hydroxylation sites is 1. The molecule has 30 heavy (non-hydrogen) atoms. The number of aromatic nitrogens is 3. The van der Waals surface area contributed by atoms with Crippen LogP contribution >= 0.6 is 0 Å². The number of benzene rings is 2. The van der Waals surface area contributed by atoms with Crippen LogP contribution in [0.15, 0.2) is 65.7 Å². The molecular weight excluding hydrogens is 407 g/mol. The van der Waals surface area contributed by atoms with Crippen molar-refractivity contribution >= 4 is 44.2 Å². The van der Waals surface area contributed by atoms with Gasteiger partial charge in [0, 0.05) is 11.1 Å². The van der Waals surface area contributed by atoms with Gasteiger partial charge in [0.05, 0.1) is 16.6 Å². The Morgan fingerprint density at radius 3 is 2.60 bits per heavy atom. The van der Waals surface area contributed by atoms with Gasteiger partial charge in [-0.15, -0.1) is 0 Å². The van der Waals surface area contributed by atoms with E-state index in [4.69, 9.17) is 5.14 Å². The summed E-state index contributed by atoms with van der Waals surface area (Å²) in [5.41, 5.74) is 1.66. The molecule has 0 atom stereocenters. The highest BCUT2D eigenvalue weighted by Gasteiger charge is 2.14. The third-order valence-corrected chi connectivity index (χ3v) is 5.39. The Balaban J connectivity index is 1.62. The molecule has 8 nitrogen and oxygen atoms in total. The van der Waals surface area contributed by atoms with Gasteiger partial charge in [0.2, 0.25) is 16.0 Å². The fourth-order valence-electron chi connectivity index (χ4n) is 2.89. The van der Waals surface area contributed by atoms with E-state index in [0.29, 0.717) is 17.1 Å². The lowest BCUT2D eigenvalue weighted by Crippen LogP contribution is -2.14. The highest BCUT2D eigenvalue weighted by atomic mass is 32.2. The first kappa shape index (κ1) is 19.7. The monoisotopic (exact) mass is 424 g/mol. The zero-order chi connectivity index (χ0) is 21.3. The van der Waals surface area contributed by atoms with Crippen LogP contribution in [0.5, 0.6) is 0 Å². The standard InChI is InChI=1S/C20H17FN6O2S/c1-12-6-8-14(10-17(12)30(22,28)29)24-20-23-11-15(21)19(27-20)26-18-9-7-13-4-2-3-5-16(13)25-18/h2-11H,1H3,(H2,22,28,29)(H2,23,24,25,26,27). The van der Waals surface area contributed by atoms with Crippen molar-refractivity contribution in [2.24, 2.45) is 5.14 Å². The molecule has 0 aliphatic carbocycles. The van der Waals surface area contributed by atoms with Crippen molar-refractivity contribution in [3.63, 3.8) is 0 Å². The second-order valence-corrected chi connectivity index (χ2v) is 8.08. The van der Waals surface area contributed by atoms with E-state index in [9.17, 15) is 12.8 Å². The maximum Gasteiger partial charge on any atom is 0.238 e. The van der Waals surface area contributed by atoms with Crippen molar-refractivity contribution in [2.45, 2.75) is 11.8 Å². The van der Waals surface area contributed by atoms with E-state index in [1.807, 2.05) is 30.3 Å². The van der Waals surface area contributed by atoms with Crippen molar-refractivity contribution in [1.82, 2.24) is 15.0 Å². The number of aryl methyl sites for hydroxylation is 1. The molecule has 0 aliphatic heterocycles. The number of halogens is 1. The van der Waals surface area contributed by atoms with E-state index in [-0.39, 0.29) is 16.7 Å². The first-order valence-electron chi connectivity index (χ1n) is 8.85. The molecule has 0 radical (unpaired) electrons. The normalized spacial score (nSPS) is 11.4. The van der Waals surface area contributed by atoms with Crippen molar-refractivity contribution in [2.75, 3.05) is 10.6 Å². The molecular formula is C20H17FN6O2S. The predicted octanol–water partition coefficient (Wildman–Crippen LogP) is 3.61. The van der Waals surface area contributed by atoms with E-state index in [2.05, 4.69) is 25.6 Å². The number of sulfonamides is 1. The number of hydrogen-bond acceptors (Lipinski definition) is 7. The molecule has 0 bridgehead atoms. The summed E-state index contributed by atoms with van der Waals surface area (Å²) in [6.07, 6.45) is 1.01. The van der Waals surface area contributed by atoms with Crippen molar-refractivity contribution in [3.05, 3.63) is 72.2 Å². The first-order valence-corrected chi connectivity index (χ1v) is 10.4. The van der Waals surface area contributed by atoms with Crippen LogP contribution in [0.4, 0.5) is 27.7 Å². The van der Waals surface area contributed by atoms with Crippen LogP contribution in [0.25, 0.3) is 10.9 Å². The molecule has 10 heteroatoms. The van der Waals surface area contributed by atoms with Crippen LogP contribution in [0.1, 0.15) is 5.56 Å². The molecule has 0 saturated carbocycles. The molecule has 4 rings (SSSR count). The Labute approximate surface area is 172 Å².